The lowest BCUT2D eigenvalue weighted by Gasteiger charge is -2.08. The van der Waals surface area contributed by atoms with E-state index >= 15 is 0 Å². The summed E-state index contributed by atoms with van der Waals surface area (Å²) in [5, 5.41) is 9.17. The molecular weight excluding hydrogens is 244 g/mol. The van der Waals surface area contributed by atoms with Crippen LogP contribution in [0.1, 0.15) is 12.0 Å². The Bertz CT molecular complexity index is 468. The molecule has 0 radical (unpaired) electrons. The Hall–Kier alpha value is -0.520. The molecule has 1 aliphatic heterocycles. The molecule has 1 fully saturated rings. The van der Waals surface area contributed by atoms with Gasteiger partial charge in [-0.15, -0.1) is 11.8 Å². The molecule has 1 aromatic carbocycles. The van der Waals surface area contributed by atoms with Crippen LogP contribution in [0.25, 0.3) is 0 Å². The van der Waals surface area contributed by atoms with Gasteiger partial charge < -0.3 is 5.11 Å². The first kappa shape index (κ1) is 12.0. The molecular formula is C11H14O3S2. The van der Waals surface area contributed by atoms with Crippen molar-refractivity contribution < 1.29 is 13.5 Å². The van der Waals surface area contributed by atoms with Crippen LogP contribution in [-0.2, 0) is 16.4 Å². The van der Waals surface area contributed by atoms with Crippen molar-refractivity contribution in [3.05, 3.63) is 29.8 Å². The van der Waals surface area contributed by atoms with E-state index in [9.17, 15) is 8.42 Å². The summed E-state index contributed by atoms with van der Waals surface area (Å²) < 4.78 is 22.6. The Balaban J connectivity index is 2.04. The normalized spacial score (nSPS) is 23.4. The lowest BCUT2D eigenvalue weighted by atomic mass is 10.2. The maximum Gasteiger partial charge on any atom is 0.151 e. The standard InChI is InChI=1S/C11H14O3S2/c12-7-9-2-1-3-10(6-9)15-11-4-5-16(13,14)8-11/h1-3,6,11-12H,4-5,7-8H2. The summed E-state index contributed by atoms with van der Waals surface area (Å²) in [5.41, 5.74) is 0.867. The monoisotopic (exact) mass is 258 g/mol. The molecule has 5 heteroatoms. The number of benzene rings is 1. The third-order valence-corrected chi connectivity index (χ3v) is 5.82. The van der Waals surface area contributed by atoms with E-state index in [4.69, 9.17) is 5.11 Å². The van der Waals surface area contributed by atoms with Gasteiger partial charge in [-0.25, -0.2) is 8.42 Å². The number of aliphatic hydroxyl groups is 1. The molecule has 1 N–H and O–H groups in total. The van der Waals surface area contributed by atoms with Crippen molar-refractivity contribution in [3.8, 4) is 0 Å². The van der Waals surface area contributed by atoms with Crippen LogP contribution in [-0.4, -0.2) is 30.3 Å². The van der Waals surface area contributed by atoms with E-state index in [1.54, 1.807) is 11.8 Å². The van der Waals surface area contributed by atoms with E-state index in [2.05, 4.69) is 0 Å². The maximum atomic E-state index is 11.3. The summed E-state index contributed by atoms with van der Waals surface area (Å²) in [6.07, 6.45) is 0.732. The third-order valence-electron chi connectivity index (χ3n) is 2.57. The average molecular weight is 258 g/mol. The van der Waals surface area contributed by atoms with Gasteiger partial charge in [0.2, 0.25) is 0 Å². The van der Waals surface area contributed by atoms with Crippen molar-refractivity contribution in [2.45, 2.75) is 23.2 Å². The molecule has 0 aromatic heterocycles. The van der Waals surface area contributed by atoms with Gasteiger partial charge in [0.15, 0.2) is 9.84 Å². The Morgan fingerprint density at radius 2 is 2.25 bits per heavy atom. The Morgan fingerprint density at radius 3 is 2.88 bits per heavy atom. The first-order chi connectivity index (χ1) is 7.59. The Labute approximate surface area is 99.8 Å². The molecule has 1 aromatic rings. The predicted molar refractivity (Wildman–Crippen MR) is 65.3 cm³/mol. The topological polar surface area (TPSA) is 54.4 Å². The summed E-state index contributed by atoms with van der Waals surface area (Å²) in [6, 6.07) is 7.61. The molecule has 2 rings (SSSR count). The zero-order valence-corrected chi connectivity index (χ0v) is 10.4. The van der Waals surface area contributed by atoms with Gasteiger partial charge >= 0.3 is 0 Å². The van der Waals surface area contributed by atoms with E-state index in [0.717, 1.165) is 16.9 Å². The molecule has 1 saturated heterocycles. The molecule has 0 bridgehead atoms. The van der Waals surface area contributed by atoms with E-state index in [1.807, 2.05) is 24.3 Å². The molecule has 1 unspecified atom stereocenters. The van der Waals surface area contributed by atoms with E-state index < -0.39 is 9.84 Å². The van der Waals surface area contributed by atoms with E-state index in [0.29, 0.717) is 5.75 Å². The zero-order chi connectivity index (χ0) is 11.6. The van der Waals surface area contributed by atoms with Crippen molar-refractivity contribution in [2.75, 3.05) is 11.5 Å². The summed E-state index contributed by atoms with van der Waals surface area (Å²) in [5.74, 6) is 0.589. The molecule has 88 valence electrons. The van der Waals surface area contributed by atoms with E-state index in [1.165, 1.54) is 0 Å². The van der Waals surface area contributed by atoms with Crippen LogP contribution >= 0.6 is 11.8 Å². The summed E-state index contributed by atoms with van der Waals surface area (Å²) in [7, 11) is -2.80. The van der Waals surface area contributed by atoms with Crippen molar-refractivity contribution in [1.82, 2.24) is 0 Å². The third kappa shape index (κ3) is 2.99. The fraction of sp³-hybridized carbons (Fsp3) is 0.455. The molecule has 1 atom stereocenters. The molecule has 0 amide bonds. The number of hydrogen-bond acceptors (Lipinski definition) is 4. The SMILES string of the molecule is O=S1(=O)CCC(Sc2cccc(CO)c2)C1. The van der Waals surface area contributed by atoms with Crippen molar-refractivity contribution in [1.29, 1.82) is 0 Å². The lowest BCUT2D eigenvalue weighted by molar-refractivity contribution is 0.281. The van der Waals surface area contributed by atoms with Crippen LogP contribution in [0.5, 0.6) is 0 Å². The van der Waals surface area contributed by atoms with Gasteiger partial charge in [-0.3, -0.25) is 0 Å². The van der Waals surface area contributed by atoms with Crippen molar-refractivity contribution in [2.24, 2.45) is 0 Å². The van der Waals surface area contributed by atoms with Gasteiger partial charge in [-0.05, 0) is 24.1 Å². The smallest absolute Gasteiger partial charge is 0.151 e. The van der Waals surface area contributed by atoms with Gasteiger partial charge in [-0.2, -0.15) is 0 Å². The Morgan fingerprint density at radius 1 is 1.44 bits per heavy atom. The number of aliphatic hydroxyl groups excluding tert-OH is 1. The van der Waals surface area contributed by atoms with Gasteiger partial charge in [0.25, 0.3) is 0 Å². The fourth-order valence-corrected chi connectivity index (χ4v) is 5.35. The minimum Gasteiger partial charge on any atom is -0.392 e. The lowest BCUT2D eigenvalue weighted by Crippen LogP contribution is -2.05. The van der Waals surface area contributed by atoms with Gasteiger partial charge in [0.05, 0.1) is 18.1 Å². The molecule has 0 saturated carbocycles. The second-order valence-electron chi connectivity index (χ2n) is 3.95. The van der Waals surface area contributed by atoms with Crippen LogP contribution in [0.4, 0.5) is 0 Å². The average Bonchev–Trinajstić information content (AvgIpc) is 2.58. The predicted octanol–water partition coefficient (Wildman–Crippen LogP) is 1.46. The van der Waals surface area contributed by atoms with Crippen LogP contribution in [0.2, 0.25) is 0 Å². The fourth-order valence-electron chi connectivity index (χ4n) is 1.76. The first-order valence-corrected chi connectivity index (χ1v) is 7.86. The second kappa shape index (κ2) is 4.77. The number of sulfone groups is 1. The first-order valence-electron chi connectivity index (χ1n) is 5.16. The highest BCUT2D eigenvalue weighted by molar-refractivity contribution is 8.01. The number of hydrogen-bond donors (Lipinski definition) is 1. The summed E-state index contributed by atoms with van der Waals surface area (Å²) in [4.78, 5) is 1.04. The molecule has 0 spiro atoms. The van der Waals surface area contributed by atoms with Gasteiger partial charge in [-0.1, -0.05) is 12.1 Å². The van der Waals surface area contributed by atoms with E-state index in [-0.39, 0.29) is 17.6 Å². The largest absolute Gasteiger partial charge is 0.392 e. The molecule has 0 aliphatic carbocycles. The zero-order valence-electron chi connectivity index (χ0n) is 8.80. The highest BCUT2D eigenvalue weighted by Crippen LogP contribution is 2.31. The Kier molecular flexibility index (Phi) is 3.56. The van der Waals surface area contributed by atoms with Crippen LogP contribution < -0.4 is 0 Å². The molecule has 16 heavy (non-hydrogen) atoms. The minimum absolute atomic E-state index is 0.0252. The van der Waals surface area contributed by atoms with Gasteiger partial charge in [0, 0.05) is 10.1 Å². The van der Waals surface area contributed by atoms with Crippen LogP contribution in [0, 0.1) is 0 Å². The van der Waals surface area contributed by atoms with Crippen LogP contribution in [0.3, 0.4) is 0 Å². The molecule has 1 heterocycles. The maximum absolute atomic E-state index is 11.3. The highest BCUT2D eigenvalue weighted by atomic mass is 32.2. The van der Waals surface area contributed by atoms with Crippen molar-refractivity contribution in [3.63, 3.8) is 0 Å². The molecule has 3 nitrogen and oxygen atoms in total. The summed E-state index contributed by atoms with van der Waals surface area (Å²) in [6.45, 7) is 0.0252. The van der Waals surface area contributed by atoms with Gasteiger partial charge in [0.1, 0.15) is 0 Å². The number of thioether (sulfide) groups is 1. The van der Waals surface area contributed by atoms with Crippen molar-refractivity contribution >= 4 is 21.6 Å². The quantitative estimate of drug-likeness (QED) is 0.892. The summed E-state index contributed by atoms with van der Waals surface area (Å²) >= 11 is 1.59. The number of rotatable bonds is 3. The minimum atomic E-state index is -2.80. The van der Waals surface area contributed by atoms with Crippen LogP contribution in [0.15, 0.2) is 29.2 Å². The highest BCUT2D eigenvalue weighted by Gasteiger charge is 2.28. The second-order valence-corrected chi connectivity index (χ2v) is 7.55. The molecule has 1 aliphatic rings.